The molecule has 0 aliphatic rings. The molecule has 2 heteroatoms. The highest BCUT2D eigenvalue weighted by atomic mass is 16.3. The van der Waals surface area contributed by atoms with Crippen molar-refractivity contribution in [1.29, 1.82) is 0 Å². The summed E-state index contributed by atoms with van der Waals surface area (Å²) in [7, 11) is 0. The summed E-state index contributed by atoms with van der Waals surface area (Å²) in [4.78, 5) is 0. The van der Waals surface area contributed by atoms with Crippen LogP contribution in [0.4, 0.5) is 0 Å². The normalized spacial score (nSPS) is 7.18. The van der Waals surface area contributed by atoms with Gasteiger partial charge in [-0.15, -0.1) is 0 Å². The first kappa shape index (κ1) is 12.6. The smallest absolute Gasteiger partial charge is 0.115 e. The van der Waals surface area contributed by atoms with Gasteiger partial charge >= 0.3 is 0 Å². The molecule has 0 saturated heterocycles. The summed E-state index contributed by atoms with van der Waals surface area (Å²) in [6, 6.07) is 7.09. The van der Waals surface area contributed by atoms with Crippen molar-refractivity contribution in [2.24, 2.45) is 0 Å². The topological polar surface area (TPSA) is 51.7 Å². The molecule has 3 N–H and O–H groups in total. The average molecular weight is 156 g/mol. The van der Waals surface area contributed by atoms with Crippen LogP contribution < -0.4 is 0 Å². The van der Waals surface area contributed by atoms with E-state index >= 15 is 0 Å². The van der Waals surface area contributed by atoms with Crippen LogP contribution in [0.3, 0.4) is 0 Å². The van der Waals surface area contributed by atoms with E-state index in [9.17, 15) is 0 Å². The standard InChI is InChI=1S/C7H8O.C2H6.H2O/c1-6-2-4-7(8)5-3-6;1-2;/h2-5,8H,1H3;1-2H3;1H2. The second kappa shape index (κ2) is 7.09. The van der Waals surface area contributed by atoms with Crippen LogP contribution in [0.25, 0.3) is 0 Å². The van der Waals surface area contributed by atoms with Gasteiger partial charge in [0, 0.05) is 0 Å². The molecule has 1 aromatic rings. The van der Waals surface area contributed by atoms with Crippen LogP contribution in [0.5, 0.6) is 5.75 Å². The minimum atomic E-state index is 0. The van der Waals surface area contributed by atoms with Gasteiger partial charge in [0.2, 0.25) is 0 Å². The first-order valence-electron chi connectivity index (χ1n) is 3.54. The van der Waals surface area contributed by atoms with Gasteiger partial charge in [0.05, 0.1) is 0 Å². The zero-order valence-electron chi connectivity index (χ0n) is 7.26. The number of aryl methyl sites for hydroxylation is 1. The maximum Gasteiger partial charge on any atom is 0.115 e. The number of hydrogen-bond donors (Lipinski definition) is 1. The molecule has 0 spiro atoms. The molecule has 0 atom stereocenters. The molecule has 0 bridgehead atoms. The zero-order valence-corrected chi connectivity index (χ0v) is 7.26. The van der Waals surface area contributed by atoms with Crippen molar-refractivity contribution < 1.29 is 10.6 Å². The molecule has 0 unspecified atom stereocenters. The zero-order chi connectivity index (χ0) is 7.98. The van der Waals surface area contributed by atoms with Crippen molar-refractivity contribution in [3.05, 3.63) is 29.8 Å². The van der Waals surface area contributed by atoms with Gasteiger partial charge in [0.25, 0.3) is 0 Å². The van der Waals surface area contributed by atoms with Gasteiger partial charge < -0.3 is 10.6 Å². The van der Waals surface area contributed by atoms with Crippen LogP contribution in [0, 0.1) is 6.92 Å². The molecule has 0 amide bonds. The maximum atomic E-state index is 8.76. The van der Waals surface area contributed by atoms with Crippen LogP contribution >= 0.6 is 0 Å². The van der Waals surface area contributed by atoms with E-state index in [1.807, 2.05) is 32.9 Å². The van der Waals surface area contributed by atoms with E-state index in [1.165, 1.54) is 5.56 Å². The number of aromatic hydroxyl groups is 1. The molecular weight excluding hydrogens is 140 g/mol. The number of hydrogen-bond acceptors (Lipinski definition) is 1. The summed E-state index contributed by atoms with van der Waals surface area (Å²) >= 11 is 0. The average Bonchev–Trinajstić information content (AvgIpc) is 2.00. The summed E-state index contributed by atoms with van der Waals surface area (Å²) in [6.45, 7) is 5.99. The highest BCUT2D eigenvalue weighted by Crippen LogP contribution is 2.07. The molecule has 1 rings (SSSR count). The monoisotopic (exact) mass is 156 g/mol. The van der Waals surface area contributed by atoms with Crippen molar-refractivity contribution >= 4 is 0 Å². The Bertz CT molecular complexity index is 146. The molecule has 0 radical (unpaired) electrons. The Morgan fingerprint density at radius 1 is 1.00 bits per heavy atom. The van der Waals surface area contributed by atoms with E-state index in [1.54, 1.807) is 12.1 Å². The Labute approximate surface area is 67.8 Å². The highest BCUT2D eigenvalue weighted by Gasteiger charge is 1.82. The number of phenolic OH excluding ortho intramolecular Hbond substituents is 1. The lowest BCUT2D eigenvalue weighted by Crippen LogP contribution is -1.66. The fourth-order valence-corrected chi connectivity index (χ4v) is 0.545. The molecule has 1 aromatic carbocycles. The van der Waals surface area contributed by atoms with E-state index in [-0.39, 0.29) is 5.48 Å². The fraction of sp³-hybridized carbons (Fsp3) is 0.333. The molecule has 0 heterocycles. The summed E-state index contributed by atoms with van der Waals surface area (Å²) in [5.41, 5.74) is 1.17. The van der Waals surface area contributed by atoms with Gasteiger partial charge in [-0.05, 0) is 19.1 Å². The van der Waals surface area contributed by atoms with Crippen LogP contribution in [0.15, 0.2) is 24.3 Å². The van der Waals surface area contributed by atoms with Gasteiger partial charge in [0.1, 0.15) is 5.75 Å². The Hall–Kier alpha value is -1.02. The summed E-state index contributed by atoms with van der Waals surface area (Å²) in [5, 5.41) is 8.76. The quantitative estimate of drug-likeness (QED) is 0.612. The van der Waals surface area contributed by atoms with E-state index in [0.29, 0.717) is 5.75 Å². The minimum absolute atomic E-state index is 0. The Morgan fingerprint density at radius 3 is 1.64 bits per heavy atom. The Balaban J connectivity index is 0. The molecule has 64 valence electrons. The van der Waals surface area contributed by atoms with E-state index in [0.717, 1.165) is 0 Å². The van der Waals surface area contributed by atoms with Gasteiger partial charge in [-0.25, -0.2) is 0 Å². The van der Waals surface area contributed by atoms with Crippen molar-refractivity contribution in [2.45, 2.75) is 20.8 Å². The lowest BCUT2D eigenvalue weighted by atomic mass is 10.2. The predicted molar refractivity (Wildman–Crippen MR) is 47.8 cm³/mol. The second-order valence-corrected chi connectivity index (χ2v) is 1.84. The third-order valence-electron chi connectivity index (χ3n) is 1.03. The Morgan fingerprint density at radius 2 is 1.36 bits per heavy atom. The molecule has 0 saturated carbocycles. The summed E-state index contributed by atoms with van der Waals surface area (Å²) in [6.07, 6.45) is 0. The number of phenols is 1. The molecular formula is C9H16O2. The number of rotatable bonds is 0. The second-order valence-electron chi connectivity index (χ2n) is 1.84. The molecule has 2 nitrogen and oxygen atoms in total. The van der Waals surface area contributed by atoms with E-state index in [4.69, 9.17) is 5.11 Å². The van der Waals surface area contributed by atoms with Gasteiger partial charge in [0.15, 0.2) is 0 Å². The molecule has 0 fully saturated rings. The van der Waals surface area contributed by atoms with Crippen LogP contribution in [0.1, 0.15) is 19.4 Å². The molecule has 0 aliphatic carbocycles. The van der Waals surface area contributed by atoms with E-state index < -0.39 is 0 Å². The lowest BCUT2D eigenvalue weighted by molar-refractivity contribution is 0.475. The third-order valence-corrected chi connectivity index (χ3v) is 1.03. The third kappa shape index (κ3) is 5.43. The van der Waals surface area contributed by atoms with Gasteiger partial charge in [-0.1, -0.05) is 31.5 Å². The predicted octanol–water partition coefficient (Wildman–Crippen LogP) is 1.90. The maximum absolute atomic E-state index is 8.76. The van der Waals surface area contributed by atoms with Crippen LogP contribution in [-0.2, 0) is 0 Å². The fourth-order valence-electron chi connectivity index (χ4n) is 0.545. The van der Waals surface area contributed by atoms with Crippen molar-refractivity contribution in [2.75, 3.05) is 0 Å². The first-order valence-corrected chi connectivity index (χ1v) is 3.54. The van der Waals surface area contributed by atoms with Crippen molar-refractivity contribution in [3.63, 3.8) is 0 Å². The van der Waals surface area contributed by atoms with Crippen LogP contribution in [0.2, 0.25) is 0 Å². The highest BCUT2D eigenvalue weighted by molar-refractivity contribution is 5.24. The minimum Gasteiger partial charge on any atom is -0.508 e. The van der Waals surface area contributed by atoms with Crippen molar-refractivity contribution in [1.82, 2.24) is 0 Å². The first-order chi connectivity index (χ1) is 4.79. The largest absolute Gasteiger partial charge is 0.508 e. The van der Waals surface area contributed by atoms with Gasteiger partial charge in [-0.2, -0.15) is 0 Å². The summed E-state index contributed by atoms with van der Waals surface area (Å²) < 4.78 is 0. The number of benzene rings is 1. The summed E-state index contributed by atoms with van der Waals surface area (Å²) in [5.74, 6) is 0.329. The van der Waals surface area contributed by atoms with Gasteiger partial charge in [-0.3, -0.25) is 0 Å². The molecule has 0 aliphatic heterocycles. The lowest BCUT2D eigenvalue weighted by Gasteiger charge is -1.89. The molecule has 11 heavy (non-hydrogen) atoms. The molecule has 0 aromatic heterocycles. The van der Waals surface area contributed by atoms with Crippen molar-refractivity contribution in [3.8, 4) is 5.75 Å². The van der Waals surface area contributed by atoms with E-state index in [2.05, 4.69) is 0 Å². The Kier molecular flexibility index (Phi) is 8.15. The van der Waals surface area contributed by atoms with Crippen LogP contribution in [-0.4, -0.2) is 10.6 Å². The SMILES string of the molecule is CC.Cc1ccc(O)cc1.O.